The molecule has 4 rings (SSSR count). The second kappa shape index (κ2) is 8.55. The summed E-state index contributed by atoms with van der Waals surface area (Å²) in [6.07, 6.45) is 3.17. The molecule has 1 aromatic heterocycles. The largest absolute Gasteiger partial charge is 0.492 e. The quantitative estimate of drug-likeness (QED) is 0.665. The summed E-state index contributed by atoms with van der Waals surface area (Å²) in [7, 11) is 0. The fraction of sp³-hybridized carbons (Fsp3) is 0.238. The number of para-hydroxylation sites is 4. The van der Waals surface area contributed by atoms with E-state index < -0.39 is 0 Å². The highest BCUT2D eigenvalue weighted by atomic mass is 16.6. The highest BCUT2D eigenvalue weighted by molar-refractivity contribution is 6.00. The molecule has 0 spiro atoms. The summed E-state index contributed by atoms with van der Waals surface area (Å²) in [5.74, 6) is 2.09. The van der Waals surface area contributed by atoms with Gasteiger partial charge in [0.1, 0.15) is 12.4 Å². The molecule has 1 unspecified atom stereocenters. The van der Waals surface area contributed by atoms with Crippen molar-refractivity contribution in [2.24, 2.45) is 0 Å². The first-order valence-corrected chi connectivity index (χ1v) is 9.42. The average Bonchev–Trinajstić information content (AvgIpc) is 3.16. The van der Waals surface area contributed by atoms with E-state index in [-0.39, 0.29) is 12.1 Å². The maximum Gasteiger partial charge on any atom is 0.323 e. The third kappa shape index (κ3) is 4.60. The van der Waals surface area contributed by atoms with Crippen molar-refractivity contribution in [1.29, 1.82) is 0 Å². The molecular weight excluding hydrogens is 372 g/mol. The van der Waals surface area contributed by atoms with Gasteiger partial charge in [-0.2, -0.15) is 5.10 Å². The Morgan fingerprint density at radius 2 is 1.97 bits per heavy atom. The van der Waals surface area contributed by atoms with Gasteiger partial charge >= 0.3 is 6.03 Å². The van der Waals surface area contributed by atoms with Crippen LogP contribution in [0.25, 0.3) is 0 Å². The van der Waals surface area contributed by atoms with E-state index in [0.717, 1.165) is 11.5 Å². The van der Waals surface area contributed by atoms with E-state index in [4.69, 9.17) is 14.2 Å². The molecule has 1 atom stereocenters. The molecule has 0 saturated heterocycles. The number of carbonyl (C=O) groups excluding carboxylic acids is 1. The first-order valence-electron chi connectivity index (χ1n) is 9.42. The minimum atomic E-state index is -0.372. The van der Waals surface area contributed by atoms with Crippen LogP contribution in [0.2, 0.25) is 0 Å². The van der Waals surface area contributed by atoms with Gasteiger partial charge in [-0.1, -0.05) is 24.3 Å². The minimum Gasteiger partial charge on any atom is -0.492 e. The Balaban J connectivity index is 1.33. The molecule has 0 fully saturated rings. The van der Waals surface area contributed by atoms with Crippen LogP contribution in [0.4, 0.5) is 16.2 Å². The van der Waals surface area contributed by atoms with Crippen molar-refractivity contribution in [3.8, 4) is 17.2 Å². The molecule has 0 radical (unpaired) electrons. The summed E-state index contributed by atoms with van der Waals surface area (Å²) in [6, 6.07) is 14.5. The summed E-state index contributed by atoms with van der Waals surface area (Å²) in [5.41, 5.74) is 1.18. The average molecular weight is 394 g/mol. The number of nitrogens with zero attached hydrogens (tertiary/aromatic N) is 2. The topological polar surface area (TPSA) is 86.6 Å². The lowest BCUT2D eigenvalue weighted by Crippen LogP contribution is -2.33. The third-order valence-corrected chi connectivity index (χ3v) is 4.28. The molecular formula is C21H22N4O4. The normalized spacial score (nSPS) is 14.9. The van der Waals surface area contributed by atoms with Gasteiger partial charge in [0, 0.05) is 6.20 Å². The van der Waals surface area contributed by atoms with Crippen molar-refractivity contribution in [3.05, 3.63) is 60.9 Å². The van der Waals surface area contributed by atoms with E-state index in [1.54, 1.807) is 23.1 Å². The molecule has 2 amide bonds. The Morgan fingerprint density at radius 3 is 2.83 bits per heavy atom. The number of hydrogen-bond donors (Lipinski definition) is 2. The lowest BCUT2D eigenvalue weighted by molar-refractivity contribution is 0.0759. The van der Waals surface area contributed by atoms with E-state index in [9.17, 15) is 4.79 Å². The van der Waals surface area contributed by atoms with Crippen LogP contribution in [-0.2, 0) is 6.54 Å². The molecule has 2 N–H and O–H groups in total. The number of nitrogens with one attached hydrogen (secondary N) is 2. The molecule has 2 aromatic carbocycles. The predicted octanol–water partition coefficient (Wildman–Crippen LogP) is 3.77. The monoisotopic (exact) mass is 394 g/mol. The van der Waals surface area contributed by atoms with Crippen LogP contribution in [0.15, 0.2) is 60.9 Å². The summed E-state index contributed by atoms with van der Waals surface area (Å²) in [6.45, 7) is 3.36. The smallest absolute Gasteiger partial charge is 0.323 e. The molecule has 8 nitrogen and oxygen atoms in total. The van der Waals surface area contributed by atoms with Gasteiger partial charge in [0.15, 0.2) is 17.6 Å². The van der Waals surface area contributed by atoms with Gasteiger partial charge in [-0.05, 0) is 31.2 Å². The van der Waals surface area contributed by atoms with Crippen molar-refractivity contribution >= 4 is 17.4 Å². The van der Waals surface area contributed by atoms with Crippen LogP contribution in [0, 0.1) is 0 Å². The molecule has 1 aliphatic rings. The molecule has 150 valence electrons. The maximum absolute atomic E-state index is 12.3. The van der Waals surface area contributed by atoms with Crippen LogP contribution in [0.1, 0.15) is 6.92 Å². The van der Waals surface area contributed by atoms with Gasteiger partial charge in [0.25, 0.3) is 0 Å². The van der Waals surface area contributed by atoms with Crippen LogP contribution < -0.4 is 24.8 Å². The zero-order chi connectivity index (χ0) is 20.1. The van der Waals surface area contributed by atoms with Crippen molar-refractivity contribution in [3.63, 3.8) is 0 Å². The van der Waals surface area contributed by atoms with Crippen molar-refractivity contribution < 1.29 is 19.0 Å². The van der Waals surface area contributed by atoms with E-state index in [0.29, 0.717) is 36.9 Å². The van der Waals surface area contributed by atoms with Crippen molar-refractivity contribution in [1.82, 2.24) is 9.78 Å². The second-order valence-electron chi connectivity index (χ2n) is 6.46. The van der Waals surface area contributed by atoms with Gasteiger partial charge in [-0.15, -0.1) is 0 Å². The minimum absolute atomic E-state index is 0.162. The van der Waals surface area contributed by atoms with Crippen LogP contribution in [0.3, 0.4) is 0 Å². The third-order valence-electron chi connectivity index (χ3n) is 4.28. The molecule has 3 aromatic rings. The lowest BCUT2D eigenvalue weighted by Gasteiger charge is -2.26. The molecule has 2 heterocycles. The first kappa shape index (κ1) is 18.7. The highest BCUT2D eigenvalue weighted by Crippen LogP contribution is 2.31. The number of fused-ring (bicyclic) bond motifs is 1. The Morgan fingerprint density at radius 1 is 1.17 bits per heavy atom. The SMILES string of the molecule is CCOc1ccccc1NC(=O)Nc1cnn(CC2COc3ccccc3O2)c1. The maximum atomic E-state index is 12.3. The predicted molar refractivity (Wildman–Crippen MR) is 109 cm³/mol. The molecule has 1 aliphatic heterocycles. The van der Waals surface area contributed by atoms with E-state index in [2.05, 4.69) is 15.7 Å². The van der Waals surface area contributed by atoms with Gasteiger partial charge in [0.05, 0.1) is 30.7 Å². The number of hydrogen-bond acceptors (Lipinski definition) is 5. The zero-order valence-electron chi connectivity index (χ0n) is 16.0. The van der Waals surface area contributed by atoms with Gasteiger partial charge in [-0.25, -0.2) is 4.79 Å². The number of benzene rings is 2. The Bertz CT molecular complexity index is 988. The summed E-state index contributed by atoms with van der Waals surface area (Å²) in [4.78, 5) is 12.3. The summed E-state index contributed by atoms with van der Waals surface area (Å²) >= 11 is 0. The number of rotatable bonds is 6. The first-order chi connectivity index (χ1) is 14.2. The van der Waals surface area contributed by atoms with Crippen molar-refractivity contribution in [2.45, 2.75) is 19.6 Å². The van der Waals surface area contributed by atoms with E-state index in [1.807, 2.05) is 49.4 Å². The zero-order valence-corrected chi connectivity index (χ0v) is 16.0. The number of aromatic nitrogens is 2. The molecule has 0 aliphatic carbocycles. The Kier molecular flexibility index (Phi) is 5.51. The van der Waals surface area contributed by atoms with E-state index >= 15 is 0 Å². The lowest BCUT2D eigenvalue weighted by atomic mass is 10.2. The fourth-order valence-corrected chi connectivity index (χ4v) is 3.03. The van der Waals surface area contributed by atoms with E-state index in [1.165, 1.54) is 0 Å². The fourth-order valence-electron chi connectivity index (χ4n) is 3.03. The number of anilines is 2. The molecule has 29 heavy (non-hydrogen) atoms. The highest BCUT2D eigenvalue weighted by Gasteiger charge is 2.21. The molecule has 0 saturated carbocycles. The number of carbonyl (C=O) groups is 1. The van der Waals surface area contributed by atoms with Crippen LogP contribution >= 0.6 is 0 Å². The van der Waals surface area contributed by atoms with Crippen molar-refractivity contribution in [2.75, 3.05) is 23.8 Å². The number of ether oxygens (including phenoxy) is 3. The summed E-state index contributed by atoms with van der Waals surface area (Å²) < 4.78 is 18.9. The Labute approximate surface area is 168 Å². The van der Waals surface area contributed by atoms with Gasteiger partial charge < -0.3 is 24.8 Å². The van der Waals surface area contributed by atoms with Gasteiger partial charge in [-0.3, -0.25) is 4.68 Å². The Hall–Kier alpha value is -3.68. The standard InChI is InChI=1S/C21H22N4O4/c1-2-27-18-8-4-3-7-17(18)24-21(26)23-15-11-22-25(12-15)13-16-14-28-19-9-5-6-10-20(19)29-16/h3-12,16H,2,13-14H2,1H3,(H2,23,24,26). The summed E-state index contributed by atoms with van der Waals surface area (Å²) in [5, 5.41) is 9.85. The number of amides is 2. The second-order valence-corrected chi connectivity index (χ2v) is 6.46. The van der Waals surface area contributed by atoms with Crippen LogP contribution in [-0.4, -0.2) is 35.1 Å². The number of urea groups is 1. The van der Waals surface area contributed by atoms with Gasteiger partial charge in [0.2, 0.25) is 0 Å². The molecule has 0 bridgehead atoms. The molecule has 8 heteroatoms. The van der Waals surface area contributed by atoms with Crippen LogP contribution in [0.5, 0.6) is 17.2 Å².